The highest BCUT2D eigenvalue weighted by molar-refractivity contribution is 6.29. The van der Waals surface area contributed by atoms with Crippen molar-refractivity contribution in [3.05, 3.63) is 35.1 Å². The smallest absolute Gasteiger partial charge is 0.322 e. The Kier molecular flexibility index (Phi) is 4.38. The molecule has 0 aromatic heterocycles. The van der Waals surface area contributed by atoms with Gasteiger partial charge in [0.05, 0.1) is 5.41 Å². The van der Waals surface area contributed by atoms with Crippen LogP contribution in [-0.4, -0.2) is 48.3 Å². The maximum absolute atomic E-state index is 13.8. The van der Waals surface area contributed by atoms with Gasteiger partial charge in [0.1, 0.15) is 12.4 Å². The predicted octanol–water partition coefficient (Wildman–Crippen LogP) is 0.456. The molecule has 7 nitrogen and oxygen atoms in total. The zero-order valence-corrected chi connectivity index (χ0v) is 13.2. The van der Waals surface area contributed by atoms with Crippen LogP contribution in [0.2, 0.25) is 0 Å². The third-order valence-corrected chi connectivity index (χ3v) is 4.78. The summed E-state index contributed by atoms with van der Waals surface area (Å²) in [5.74, 6) is -5.79. The lowest BCUT2D eigenvalue weighted by atomic mass is 9.61. The van der Waals surface area contributed by atoms with Crippen LogP contribution in [-0.2, 0) is 24.5 Å². The number of carboxylic acid groups (broad SMARTS) is 1. The van der Waals surface area contributed by atoms with E-state index in [0.717, 1.165) is 6.07 Å². The Labute approximate surface area is 142 Å². The third-order valence-electron chi connectivity index (χ3n) is 4.78. The number of aliphatic carboxylic acids is 1. The first-order chi connectivity index (χ1) is 11.9. The Morgan fingerprint density at radius 1 is 1.28 bits per heavy atom. The molecule has 2 N–H and O–H groups in total. The SMILES string of the molecule is O=C(O)CNC(=O)C1C(=O)c2ccc(F)cc2C2(CCOCC2)C1=O. The molecular formula is C17H16FNO6. The van der Waals surface area contributed by atoms with Crippen molar-refractivity contribution in [2.24, 2.45) is 5.92 Å². The maximum atomic E-state index is 13.8. The average Bonchev–Trinajstić information content (AvgIpc) is 2.59. The van der Waals surface area contributed by atoms with E-state index in [1.807, 2.05) is 0 Å². The Bertz CT molecular complexity index is 768. The molecule has 1 aromatic rings. The average molecular weight is 349 g/mol. The zero-order valence-electron chi connectivity index (χ0n) is 13.2. The fraction of sp³-hybridized carbons (Fsp3) is 0.412. The number of Topliss-reactive ketones (excluding diaryl/α,β-unsaturated/α-hetero) is 2. The van der Waals surface area contributed by atoms with Crippen molar-refractivity contribution in [2.75, 3.05) is 19.8 Å². The van der Waals surface area contributed by atoms with Crippen LogP contribution in [0.1, 0.15) is 28.8 Å². The van der Waals surface area contributed by atoms with Crippen LogP contribution in [0.5, 0.6) is 0 Å². The number of fused-ring (bicyclic) bond motifs is 2. The second-order valence-corrected chi connectivity index (χ2v) is 6.16. The van der Waals surface area contributed by atoms with Gasteiger partial charge in [0.25, 0.3) is 0 Å². The summed E-state index contributed by atoms with van der Waals surface area (Å²) in [5, 5.41) is 10.8. The van der Waals surface area contributed by atoms with Gasteiger partial charge < -0.3 is 15.2 Å². The van der Waals surface area contributed by atoms with E-state index in [1.54, 1.807) is 0 Å². The molecule has 1 atom stereocenters. The van der Waals surface area contributed by atoms with E-state index in [1.165, 1.54) is 12.1 Å². The number of carboxylic acids is 1. The van der Waals surface area contributed by atoms with Crippen molar-refractivity contribution in [1.82, 2.24) is 5.32 Å². The molecule has 1 aliphatic carbocycles. The number of carbonyl (C=O) groups is 4. The number of halogens is 1. The predicted molar refractivity (Wildman–Crippen MR) is 81.6 cm³/mol. The van der Waals surface area contributed by atoms with Gasteiger partial charge in [0.15, 0.2) is 17.5 Å². The fourth-order valence-electron chi connectivity index (χ4n) is 3.55. The van der Waals surface area contributed by atoms with Gasteiger partial charge in [0, 0.05) is 18.8 Å². The van der Waals surface area contributed by atoms with Gasteiger partial charge in [-0.1, -0.05) is 0 Å². The minimum Gasteiger partial charge on any atom is -0.480 e. The highest BCUT2D eigenvalue weighted by Crippen LogP contribution is 2.44. The van der Waals surface area contributed by atoms with Crippen LogP contribution in [0.4, 0.5) is 4.39 Å². The summed E-state index contributed by atoms with van der Waals surface area (Å²) in [4.78, 5) is 48.7. The molecule has 0 bridgehead atoms. The Hall–Kier alpha value is -2.61. The molecule has 0 radical (unpaired) electrons. The summed E-state index contributed by atoms with van der Waals surface area (Å²) in [5.41, 5.74) is -0.763. The topological polar surface area (TPSA) is 110 Å². The summed E-state index contributed by atoms with van der Waals surface area (Å²) < 4.78 is 19.0. The van der Waals surface area contributed by atoms with Gasteiger partial charge in [0.2, 0.25) is 5.91 Å². The van der Waals surface area contributed by atoms with E-state index in [2.05, 4.69) is 5.32 Å². The van der Waals surface area contributed by atoms with Crippen molar-refractivity contribution in [3.63, 3.8) is 0 Å². The molecule has 0 saturated carbocycles. The van der Waals surface area contributed by atoms with Crippen molar-refractivity contribution >= 4 is 23.4 Å². The monoisotopic (exact) mass is 349 g/mol. The molecule has 1 aromatic carbocycles. The fourth-order valence-corrected chi connectivity index (χ4v) is 3.55. The molecule has 132 valence electrons. The van der Waals surface area contributed by atoms with E-state index in [4.69, 9.17) is 9.84 Å². The first kappa shape index (κ1) is 17.2. The van der Waals surface area contributed by atoms with Gasteiger partial charge in [-0.25, -0.2) is 4.39 Å². The van der Waals surface area contributed by atoms with Gasteiger partial charge in [-0.05, 0) is 36.6 Å². The number of hydrogen-bond donors (Lipinski definition) is 2. The number of ketones is 2. The molecule has 1 spiro atoms. The van der Waals surface area contributed by atoms with E-state index in [0.29, 0.717) is 0 Å². The lowest BCUT2D eigenvalue weighted by Crippen LogP contribution is -2.55. The minimum atomic E-state index is -1.63. The normalized spacial score (nSPS) is 21.7. The molecule has 2 aliphatic rings. The second-order valence-electron chi connectivity index (χ2n) is 6.16. The molecular weight excluding hydrogens is 333 g/mol. The van der Waals surface area contributed by atoms with Gasteiger partial charge in [-0.3, -0.25) is 19.2 Å². The van der Waals surface area contributed by atoms with Gasteiger partial charge in [-0.2, -0.15) is 0 Å². The third kappa shape index (κ3) is 2.82. The van der Waals surface area contributed by atoms with Crippen LogP contribution in [0, 0.1) is 11.7 Å². The number of amides is 1. The van der Waals surface area contributed by atoms with Crippen LogP contribution < -0.4 is 5.32 Å². The van der Waals surface area contributed by atoms with Crippen LogP contribution in [0.3, 0.4) is 0 Å². The Balaban J connectivity index is 2.07. The number of carbonyl (C=O) groups excluding carboxylic acids is 3. The van der Waals surface area contributed by atoms with E-state index in [-0.39, 0.29) is 37.2 Å². The van der Waals surface area contributed by atoms with E-state index < -0.39 is 47.1 Å². The molecule has 1 heterocycles. The summed E-state index contributed by atoms with van der Waals surface area (Å²) in [6.07, 6.45) is 0.469. The quantitative estimate of drug-likeness (QED) is 0.767. The molecule has 1 unspecified atom stereocenters. The standard InChI is InChI=1S/C17H16FNO6/c18-9-1-2-10-11(7-9)17(3-5-25-6-4-17)15(23)13(14(10)22)16(24)19-8-12(20)21/h1-2,7,13H,3-6,8H2,(H,19,24)(H,20,21). The highest BCUT2D eigenvalue weighted by Gasteiger charge is 2.54. The Morgan fingerprint density at radius 2 is 1.96 bits per heavy atom. The molecule has 1 saturated heterocycles. The Morgan fingerprint density at radius 3 is 2.60 bits per heavy atom. The van der Waals surface area contributed by atoms with Gasteiger partial charge >= 0.3 is 5.97 Å². The molecule has 8 heteroatoms. The largest absolute Gasteiger partial charge is 0.480 e. The van der Waals surface area contributed by atoms with Crippen molar-refractivity contribution in [1.29, 1.82) is 0 Å². The number of benzene rings is 1. The summed E-state index contributed by atoms with van der Waals surface area (Å²) in [6, 6.07) is 3.54. The molecule has 25 heavy (non-hydrogen) atoms. The summed E-state index contributed by atoms with van der Waals surface area (Å²) >= 11 is 0. The summed E-state index contributed by atoms with van der Waals surface area (Å²) in [6.45, 7) is -0.193. The first-order valence-electron chi connectivity index (χ1n) is 7.82. The minimum absolute atomic E-state index is 0.123. The number of ether oxygens (including phenoxy) is 1. The zero-order chi connectivity index (χ0) is 18.2. The number of nitrogens with one attached hydrogen (secondary N) is 1. The number of hydrogen-bond acceptors (Lipinski definition) is 5. The van der Waals surface area contributed by atoms with Crippen LogP contribution in [0.15, 0.2) is 18.2 Å². The summed E-state index contributed by atoms with van der Waals surface area (Å²) in [7, 11) is 0. The van der Waals surface area contributed by atoms with Gasteiger partial charge in [-0.15, -0.1) is 0 Å². The van der Waals surface area contributed by atoms with Crippen molar-refractivity contribution < 1.29 is 33.4 Å². The molecule has 1 fully saturated rings. The second kappa shape index (κ2) is 6.36. The first-order valence-corrected chi connectivity index (χ1v) is 7.82. The van der Waals surface area contributed by atoms with Crippen molar-refractivity contribution in [2.45, 2.75) is 18.3 Å². The van der Waals surface area contributed by atoms with Crippen LogP contribution >= 0.6 is 0 Å². The molecule has 3 rings (SSSR count). The molecule has 1 amide bonds. The van der Waals surface area contributed by atoms with E-state index >= 15 is 0 Å². The van der Waals surface area contributed by atoms with Crippen LogP contribution in [0.25, 0.3) is 0 Å². The maximum Gasteiger partial charge on any atom is 0.322 e. The highest BCUT2D eigenvalue weighted by atomic mass is 19.1. The molecule has 1 aliphatic heterocycles. The lowest BCUT2D eigenvalue weighted by Gasteiger charge is -2.42. The van der Waals surface area contributed by atoms with E-state index in [9.17, 15) is 23.6 Å². The van der Waals surface area contributed by atoms with Crippen molar-refractivity contribution in [3.8, 4) is 0 Å². The number of rotatable bonds is 3. The lowest BCUT2D eigenvalue weighted by molar-refractivity contribution is -0.142.